The second-order valence-electron chi connectivity index (χ2n) is 2.36. The van der Waals surface area contributed by atoms with Gasteiger partial charge in [-0.1, -0.05) is 17.9 Å². The Kier molecular flexibility index (Phi) is 1.35. The van der Waals surface area contributed by atoms with Crippen LogP contribution in [0.5, 0.6) is 0 Å². The molecule has 4 heteroatoms. The van der Waals surface area contributed by atoms with E-state index in [-0.39, 0.29) is 4.87 Å². The molecular formula is C7H8N2OS. The molecule has 1 aromatic rings. The van der Waals surface area contributed by atoms with Gasteiger partial charge in [0.15, 0.2) is 0 Å². The van der Waals surface area contributed by atoms with Gasteiger partial charge in [0.25, 0.3) is 0 Å². The lowest BCUT2D eigenvalue weighted by Crippen LogP contribution is -2.09. The summed E-state index contributed by atoms with van der Waals surface area (Å²) in [5.74, 6) is 0.940. The first kappa shape index (κ1) is 6.67. The number of rotatable bonds is 1. The molecule has 2 rings (SSSR count). The normalized spacial score (nSPS) is 14.2. The van der Waals surface area contributed by atoms with Crippen LogP contribution in [0.15, 0.2) is 11.4 Å². The van der Waals surface area contributed by atoms with Crippen molar-refractivity contribution in [3.63, 3.8) is 0 Å². The summed E-state index contributed by atoms with van der Waals surface area (Å²) in [5.41, 5.74) is 0. The molecule has 1 N–H and O–H groups in total. The zero-order valence-corrected chi connectivity index (χ0v) is 6.78. The van der Waals surface area contributed by atoms with Crippen molar-refractivity contribution < 1.29 is 0 Å². The number of fused-ring (bicyclic) bond motifs is 1. The summed E-state index contributed by atoms with van der Waals surface area (Å²) in [6.07, 6.45) is 1.72. The average Bonchev–Trinajstić information content (AvgIpc) is 2.54. The third-order valence-electron chi connectivity index (χ3n) is 1.73. The van der Waals surface area contributed by atoms with Crippen LogP contribution >= 0.6 is 11.3 Å². The Morgan fingerprint density at radius 2 is 2.55 bits per heavy atom. The molecule has 1 aromatic heterocycles. The number of thiazole rings is 1. The lowest BCUT2D eigenvalue weighted by Gasteiger charge is -1.92. The van der Waals surface area contributed by atoms with Gasteiger partial charge in [-0.25, -0.2) is 0 Å². The summed E-state index contributed by atoms with van der Waals surface area (Å²) in [6.45, 7) is 5.29. The summed E-state index contributed by atoms with van der Waals surface area (Å²) in [4.78, 5) is 12.2. The maximum absolute atomic E-state index is 11.2. The van der Waals surface area contributed by atoms with Gasteiger partial charge in [0.2, 0.25) is 0 Å². The van der Waals surface area contributed by atoms with E-state index in [1.165, 1.54) is 11.3 Å². The zero-order valence-electron chi connectivity index (χ0n) is 5.96. The van der Waals surface area contributed by atoms with Gasteiger partial charge in [-0.15, -0.1) is 0 Å². The number of hydrogen-bond acceptors (Lipinski definition) is 3. The van der Waals surface area contributed by atoms with Gasteiger partial charge in [0, 0.05) is 13.1 Å². The topological polar surface area (TPSA) is 34.0 Å². The van der Waals surface area contributed by atoms with Gasteiger partial charge in [0.05, 0.1) is 4.88 Å². The second kappa shape index (κ2) is 2.23. The molecule has 58 valence electrons. The van der Waals surface area contributed by atoms with Crippen molar-refractivity contribution in [2.24, 2.45) is 0 Å². The van der Waals surface area contributed by atoms with Gasteiger partial charge in [0.1, 0.15) is 5.82 Å². The van der Waals surface area contributed by atoms with Crippen LogP contribution in [0.3, 0.4) is 0 Å². The van der Waals surface area contributed by atoms with Crippen LogP contribution in [0.1, 0.15) is 4.88 Å². The van der Waals surface area contributed by atoms with Crippen molar-refractivity contribution in [1.82, 2.24) is 4.57 Å². The number of aromatic nitrogens is 1. The van der Waals surface area contributed by atoms with E-state index < -0.39 is 0 Å². The molecule has 0 bridgehead atoms. The molecule has 0 fully saturated rings. The van der Waals surface area contributed by atoms with Crippen LogP contribution < -0.4 is 10.2 Å². The maximum atomic E-state index is 11.2. The summed E-state index contributed by atoms with van der Waals surface area (Å²) in [5, 5.41) is 3.14. The van der Waals surface area contributed by atoms with E-state index in [9.17, 15) is 4.79 Å². The van der Waals surface area contributed by atoms with E-state index in [4.69, 9.17) is 0 Å². The van der Waals surface area contributed by atoms with Crippen molar-refractivity contribution in [3.05, 3.63) is 21.1 Å². The first-order chi connectivity index (χ1) is 5.33. The van der Waals surface area contributed by atoms with E-state index in [0.29, 0.717) is 0 Å². The van der Waals surface area contributed by atoms with Crippen molar-refractivity contribution in [2.75, 3.05) is 11.9 Å². The third-order valence-corrected chi connectivity index (χ3v) is 2.71. The van der Waals surface area contributed by atoms with Gasteiger partial charge < -0.3 is 5.32 Å². The molecule has 0 unspecified atom stereocenters. The summed E-state index contributed by atoms with van der Waals surface area (Å²) in [6, 6.07) is 0. The van der Waals surface area contributed by atoms with Crippen molar-refractivity contribution in [2.45, 2.75) is 6.54 Å². The maximum Gasteiger partial charge on any atom is 0.309 e. The summed E-state index contributed by atoms with van der Waals surface area (Å²) in [7, 11) is 0. The van der Waals surface area contributed by atoms with Crippen LogP contribution in [0, 0.1) is 0 Å². The highest BCUT2D eigenvalue weighted by atomic mass is 32.1. The van der Waals surface area contributed by atoms with E-state index in [0.717, 1.165) is 23.8 Å². The van der Waals surface area contributed by atoms with Gasteiger partial charge in [-0.3, -0.25) is 9.36 Å². The Bertz CT molecular complexity index is 350. The molecule has 0 aliphatic carbocycles. The van der Waals surface area contributed by atoms with Crippen molar-refractivity contribution in [3.8, 4) is 0 Å². The minimum absolute atomic E-state index is 0.111. The smallest absolute Gasteiger partial charge is 0.309 e. The molecule has 11 heavy (non-hydrogen) atoms. The molecule has 0 atom stereocenters. The first-order valence-corrected chi connectivity index (χ1v) is 4.24. The predicted octanol–water partition coefficient (Wildman–Crippen LogP) is 0.978. The van der Waals surface area contributed by atoms with Crippen LogP contribution in [0.4, 0.5) is 5.82 Å². The standard InChI is InChI=1S/C7H8N2OS/c1-2-5-6-8-3-4-9(6)7(10)11-5/h2,8H,1,3-4H2. The minimum atomic E-state index is 0.111. The lowest BCUT2D eigenvalue weighted by atomic mass is 10.5. The summed E-state index contributed by atoms with van der Waals surface area (Å²) >= 11 is 1.24. The predicted molar refractivity (Wildman–Crippen MR) is 47.2 cm³/mol. The fraction of sp³-hybridized carbons (Fsp3) is 0.286. The van der Waals surface area contributed by atoms with Crippen LogP contribution in [0.25, 0.3) is 6.08 Å². The van der Waals surface area contributed by atoms with Gasteiger partial charge in [-0.05, 0) is 6.08 Å². The zero-order chi connectivity index (χ0) is 7.84. The molecule has 0 spiro atoms. The van der Waals surface area contributed by atoms with E-state index in [1.54, 1.807) is 10.6 Å². The van der Waals surface area contributed by atoms with Gasteiger partial charge >= 0.3 is 4.87 Å². The van der Waals surface area contributed by atoms with Crippen molar-refractivity contribution >= 4 is 23.2 Å². The fourth-order valence-corrected chi connectivity index (χ4v) is 2.08. The molecule has 0 saturated heterocycles. The Hall–Kier alpha value is -1.03. The molecular weight excluding hydrogens is 160 g/mol. The highest BCUT2D eigenvalue weighted by Gasteiger charge is 2.16. The first-order valence-electron chi connectivity index (χ1n) is 3.43. The number of nitrogens with one attached hydrogen (secondary N) is 1. The Labute approximate surface area is 68.0 Å². The van der Waals surface area contributed by atoms with Gasteiger partial charge in [-0.2, -0.15) is 0 Å². The van der Waals surface area contributed by atoms with Crippen LogP contribution in [-0.2, 0) is 6.54 Å². The molecule has 3 nitrogen and oxygen atoms in total. The van der Waals surface area contributed by atoms with Crippen LogP contribution in [0.2, 0.25) is 0 Å². The Balaban J connectivity index is 2.70. The lowest BCUT2D eigenvalue weighted by molar-refractivity contribution is 0.792. The highest BCUT2D eigenvalue weighted by molar-refractivity contribution is 7.10. The quantitative estimate of drug-likeness (QED) is 0.678. The second-order valence-corrected chi connectivity index (χ2v) is 3.36. The molecule has 2 heterocycles. The number of hydrogen-bond donors (Lipinski definition) is 1. The molecule has 1 aliphatic heterocycles. The average molecular weight is 168 g/mol. The molecule has 0 radical (unpaired) electrons. The Morgan fingerprint density at radius 3 is 3.27 bits per heavy atom. The highest BCUT2D eigenvalue weighted by Crippen LogP contribution is 2.22. The number of anilines is 1. The van der Waals surface area contributed by atoms with E-state index in [1.807, 2.05) is 0 Å². The largest absolute Gasteiger partial charge is 0.368 e. The van der Waals surface area contributed by atoms with Crippen LogP contribution in [-0.4, -0.2) is 11.1 Å². The van der Waals surface area contributed by atoms with E-state index in [2.05, 4.69) is 11.9 Å². The Morgan fingerprint density at radius 1 is 1.73 bits per heavy atom. The van der Waals surface area contributed by atoms with Crippen molar-refractivity contribution in [1.29, 1.82) is 0 Å². The SMILES string of the molecule is C=Cc1sc(=O)n2c1NCC2. The number of nitrogens with zero attached hydrogens (tertiary/aromatic N) is 1. The molecule has 0 saturated carbocycles. The van der Waals surface area contributed by atoms with E-state index >= 15 is 0 Å². The monoisotopic (exact) mass is 168 g/mol. The summed E-state index contributed by atoms with van der Waals surface area (Å²) < 4.78 is 1.75. The molecule has 0 aromatic carbocycles. The fourth-order valence-electron chi connectivity index (χ4n) is 1.23. The molecule has 0 amide bonds. The third kappa shape index (κ3) is 0.826. The minimum Gasteiger partial charge on any atom is -0.368 e. The molecule has 1 aliphatic rings.